The van der Waals surface area contributed by atoms with Gasteiger partial charge in [0.25, 0.3) is 11.6 Å². The van der Waals surface area contributed by atoms with E-state index >= 15 is 0 Å². The van der Waals surface area contributed by atoms with Gasteiger partial charge in [-0.15, -0.1) is 0 Å². The van der Waals surface area contributed by atoms with Gasteiger partial charge in [0.15, 0.2) is 12.4 Å². The van der Waals surface area contributed by atoms with Crippen molar-refractivity contribution in [3.8, 4) is 11.6 Å². The van der Waals surface area contributed by atoms with E-state index in [9.17, 15) is 14.7 Å². The van der Waals surface area contributed by atoms with E-state index in [0.717, 1.165) is 12.0 Å². The number of amides is 2. The average Bonchev–Trinajstić information content (AvgIpc) is 3.26. The van der Waals surface area contributed by atoms with Gasteiger partial charge in [-0.3, -0.25) is 14.5 Å². The Morgan fingerprint density at radius 1 is 1.06 bits per heavy atom. The lowest BCUT2D eigenvalue weighted by molar-refractivity contribution is -0.577. The number of pyridine rings is 1. The van der Waals surface area contributed by atoms with E-state index in [2.05, 4.69) is 5.10 Å². The van der Waals surface area contributed by atoms with Gasteiger partial charge < -0.3 is 5.11 Å². The summed E-state index contributed by atoms with van der Waals surface area (Å²) in [5, 5.41) is 18.5. The highest BCUT2D eigenvalue weighted by molar-refractivity contribution is 6.45. The van der Waals surface area contributed by atoms with Gasteiger partial charge in [-0.1, -0.05) is 31.5 Å². The molecule has 170 valence electrons. The number of rotatable bonds is 6. The Hall–Kier alpha value is -3.45. The highest BCUT2D eigenvalue weighted by Crippen LogP contribution is 2.37. The number of aromatic nitrogens is 3. The normalized spacial score (nSPS) is 14.2. The molecule has 33 heavy (non-hydrogen) atoms. The van der Waals surface area contributed by atoms with Crippen LogP contribution in [0.5, 0.6) is 5.88 Å². The van der Waals surface area contributed by atoms with Crippen LogP contribution in [-0.2, 0) is 22.4 Å². The number of carbonyl (C=O) groups excluding carboxylic acids is 2. The van der Waals surface area contributed by atoms with Crippen molar-refractivity contribution in [1.29, 1.82) is 0 Å². The van der Waals surface area contributed by atoms with Crippen LogP contribution in [0.3, 0.4) is 0 Å². The Labute approximate surface area is 197 Å². The maximum absolute atomic E-state index is 13.6. The molecular formula is C25H25ClN4O3. The molecule has 0 fully saturated rings. The lowest BCUT2D eigenvalue weighted by Crippen LogP contribution is -2.42. The van der Waals surface area contributed by atoms with E-state index in [0.29, 0.717) is 22.8 Å². The summed E-state index contributed by atoms with van der Waals surface area (Å²) in [7, 11) is 0. The highest BCUT2D eigenvalue weighted by atomic mass is 35.5. The lowest BCUT2D eigenvalue weighted by Gasteiger charge is -2.18. The Kier molecular flexibility index (Phi) is 6.08. The summed E-state index contributed by atoms with van der Waals surface area (Å²) in [5.41, 5.74) is 2.43. The first kappa shape index (κ1) is 22.7. The number of benzene rings is 1. The predicted molar refractivity (Wildman–Crippen MR) is 124 cm³/mol. The molecule has 1 aromatic carbocycles. The average molecular weight is 465 g/mol. The number of nitrogens with zero attached hydrogens (tertiary/aromatic N) is 4. The summed E-state index contributed by atoms with van der Waals surface area (Å²) in [4.78, 5) is 28.1. The van der Waals surface area contributed by atoms with Crippen LogP contribution in [-0.4, -0.2) is 32.5 Å². The molecule has 2 amide bonds. The first-order chi connectivity index (χ1) is 15.8. The monoisotopic (exact) mass is 464 g/mol. The number of imide groups is 1. The zero-order valence-corrected chi connectivity index (χ0v) is 19.8. The second-order valence-corrected chi connectivity index (χ2v) is 8.57. The molecule has 1 aliphatic heterocycles. The summed E-state index contributed by atoms with van der Waals surface area (Å²) < 4.78 is 2.86. The van der Waals surface area contributed by atoms with Gasteiger partial charge >= 0.3 is 5.91 Å². The Morgan fingerprint density at radius 2 is 1.76 bits per heavy atom. The summed E-state index contributed by atoms with van der Waals surface area (Å²) in [6.45, 7) is 7.44. The summed E-state index contributed by atoms with van der Waals surface area (Å²) in [6.07, 6.45) is 4.76. The molecule has 2 aromatic heterocycles. The fraction of sp³-hybridized carbons (Fsp3) is 0.280. The number of hydrogen-bond donors (Lipinski definition) is 0. The molecule has 0 bridgehead atoms. The number of hydrogen-bond acceptors (Lipinski definition) is 4. The molecule has 0 saturated carbocycles. The minimum absolute atomic E-state index is 0.0816. The van der Waals surface area contributed by atoms with Crippen molar-refractivity contribution in [1.82, 2.24) is 14.7 Å². The molecule has 1 aliphatic rings. The standard InChI is InChI=1S/C25H25ClN4O3/c1-5-16-10-12-28(13-11-16)22-21(23(31)29(15(3)4)25(22)33)20-19(6-2)27-30(24(20)32)18-9-7-8-17(26)14-18/h7-15H,5-6H2,1-4H3. The van der Waals surface area contributed by atoms with Crippen molar-refractivity contribution in [2.75, 3.05) is 0 Å². The quantitative estimate of drug-likeness (QED) is 0.414. The SMILES string of the molecule is CCc1cc[n+](C2=C(c3c(CC)nn(-c4cccc(Cl)c4)c3[O-])C(=O)N(C(C)C)C2=O)cc1. The Bertz CT molecular complexity index is 1280. The maximum atomic E-state index is 13.6. The third-order valence-electron chi connectivity index (χ3n) is 5.73. The van der Waals surface area contributed by atoms with E-state index in [1.165, 1.54) is 9.58 Å². The molecule has 0 atom stereocenters. The molecule has 3 aromatic rings. The van der Waals surface area contributed by atoms with Crippen LogP contribution in [0.1, 0.15) is 44.5 Å². The maximum Gasteiger partial charge on any atom is 0.327 e. The second kappa shape index (κ2) is 8.83. The number of aryl methyl sites for hydroxylation is 2. The van der Waals surface area contributed by atoms with Crippen LogP contribution in [0.2, 0.25) is 5.02 Å². The van der Waals surface area contributed by atoms with Crippen LogP contribution >= 0.6 is 11.6 Å². The van der Waals surface area contributed by atoms with Crippen LogP contribution in [0.15, 0.2) is 48.8 Å². The van der Waals surface area contributed by atoms with E-state index in [1.807, 2.05) is 26.0 Å². The van der Waals surface area contributed by atoms with Crippen molar-refractivity contribution >= 4 is 34.7 Å². The molecule has 7 nitrogen and oxygen atoms in total. The van der Waals surface area contributed by atoms with Gasteiger partial charge in [0.05, 0.1) is 11.4 Å². The third-order valence-corrected chi connectivity index (χ3v) is 5.96. The topological polar surface area (TPSA) is 82.1 Å². The van der Waals surface area contributed by atoms with E-state index in [-0.39, 0.29) is 22.9 Å². The van der Waals surface area contributed by atoms with Gasteiger partial charge in [0.1, 0.15) is 5.57 Å². The zero-order valence-electron chi connectivity index (χ0n) is 19.0. The van der Waals surface area contributed by atoms with Crippen molar-refractivity contribution in [3.05, 3.63) is 70.6 Å². The lowest BCUT2D eigenvalue weighted by atomic mass is 10.0. The molecule has 3 heterocycles. The van der Waals surface area contributed by atoms with Gasteiger partial charge in [0.2, 0.25) is 0 Å². The third kappa shape index (κ3) is 3.82. The molecule has 4 rings (SSSR count). The highest BCUT2D eigenvalue weighted by Gasteiger charge is 2.47. The van der Waals surface area contributed by atoms with Gasteiger partial charge in [0, 0.05) is 28.8 Å². The fourth-order valence-corrected chi connectivity index (χ4v) is 4.22. The minimum atomic E-state index is -0.491. The van der Waals surface area contributed by atoms with Crippen molar-refractivity contribution in [2.24, 2.45) is 0 Å². The van der Waals surface area contributed by atoms with E-state index in [4.69, 9.17) is 11.6 Å². The molecule has 0 aliphatic carbocycles. The smallest absolute Gasteiger partial charge is 0.327 e. The number of halogens is 1. The Balaban J connectivity index is 1.99. The van der Waals surface area contributed by atoms with Gasteiger partial charge in [-0.05, 0) is 56.3 Å². The zero-order chi connectivity index (χ0) is 23.9. The second-order valence-electron chi connectivity index (χ2n) is 8.14. The first-order valence-corrected chi connectivity index (χ1v) is 11.3. The summed E-state index contributed by atoms with van der Waals surface area (Å²) in [6, 6.07) is 10.2. The van der Waals surface area contributed by atoms with Crippen LogP contribution in [0, 0.1) is 0 Å². The molecular weight excluding hydrogens is 440 g/mol. The van der Waals surface area contributed by atoms with E-state index in [1.54, 1.807) is 55.1 Å². The van der Waals surface area contributed by atoms with Crippen molar-refractivity contribution in [3.63, 3.8) is 0 Å². The molecule has 0 saturated heterocycles. The summed E-state index contributed by atoms with van der Waals surface area (Å²) in [5.74, 6) is -1.38. The van der Waals surface area contributed by atoms with Crippen LogP contribution < -0.4 is 9.67 Å². The Morgan fingerprint density at radius 3 is 2.33 bits per heavy atom. The molecule has 0 unspecified atom stereocenters. The van der Waals surface area contributed by atoms with Gasteiger partial charge in [-0.2, -0.15) is 9.67 Å². The van der Waals surface area contributed by atoms with E-state index < -0.39 is 17.7 Å². The van der Waals surface area contributed by atoms with Crippen molar-refractivity contribution < 1.29 is 19.3 Å². The fourth-order valence-electron chi connectivity index (χ4n) is 4.04. The van der Waals surface area contributed by atoms with Crippen molar-refractivity contribution in [2.45, 2.75) is 46.6 Å². The number of carbonyl (C=O) groups is 2. The van der Waals surface area contributed by atoms with Gasteiger partial charge in [-0.25, -0.2) is 4.68 Å². The molecule has 0 radical (unpaired) electrons. The largest absolute Gasteiger partial charge is 0.858 e. The predicted octanol–water partition coefficient (Wildman–Crippen LogP) is 3.16. The molecule has 8 heteroatoms. The summed E-state index contributed by atoms with van der Waals surface area (Å²) >= 11 is 6.12. The van der Waals surface area contributed by atoms with Crippen LogP contribution in [0.4, 0.5) is 0 Å². The molecule has 0 N–H and O–H groups in total. The van der Waals surface area contributed by atoms with Crippen LogP contribution in [0.25, 0.3) is 17.0 Å². The molecule has 0 spiro atoms. The first-order valence-electron chi connectivity index (χ1n) is 11.0. The minimum Gasteiger partial charge on any atom is -0.858 e.